The number of unbranched alkanes of at least 4 members (excludes halogenated alkanes) is 1. The van der Waals surface area contributed by atoms with E-state index in [2.05, 4.69) is 6.92 Å². The first-order chi connectivity index (χ1) is 6.92. The van der Waals surface area contributed by atoms with Gasteiger partial charge in [0.05, 0.1) is 0 Å². The van der Waals surface area contributed by atoms with E-state index in [0.29, 0.717) is 0 Å². The molecule has 0 spiro atoms. The van der Waals surface area contributed by atoms with Gasteiger partial charge < -0.3 is 0 Å². The van der Waals surface area contributed by atoms with Crippen LogP contribution in [0.15, 0.2) is 0 Å². The first-order valence-electron chi connectivity index (χ1n) is 6.92. The molecule has 2 aliphatic rings. The predicted molar refractivity (Wildman–Crippen MR) is 62.3 cm³/mol. The highest BCUT2D eigenvalue weighted by atomic mass is 14.4. The fourth-order valence-electron chi connectivity index (χ4n) is 3.90. The zero-order valence-corrected chi connectivity index (χ0v) is 9.80. The summed E-state index contributed by atoms with van der Waals surface area (Å²) in [4.78, 5) is 0. The van der Waals surface area contributed by atoms with Gasteiger partial charge in [-0.2, -0.15) is 0 Å². The molecule has 0 aromatic carbocycles. The van der Waals surface area contributed by atoms with Crippen LogP contribution in [0.4, 0.5) is 0 Å². The van der Waals surface area contributed by atoms with Gasteiger partial charge in [-0.05, 0) is 24.2 Å². The topological polar surface area (TPSA) is 0 Å². The van der Waals surface area contributed by atoms with Crippen molar-refractivity contribution in [1.82, 2.24) is 0 Å². The van der Waals surface area contributed by atoms with Crippen LogP contribution in [0, 0.1) is 17.8 Å². The minimum atomic E-state index is 1.12. The molecule has 0 aromatic heterocycles. The third-order valence-corrected chi connectivity index (χ3v) is 4.65. The van der Waals surface area contributed by atoms with E-state index < -0.39 is 0 Å². The van der Waals surface area contributed by atoms with Crippen molar-refractivity contribution in [2.45, 2.75) is 71.1 Å². The quantitative estimate of drug-likeness (QED) is 0.606. The van der Waals surface area contributed by atoms with Crippen LogP contribution in [-0.4, -0.2) is 0 Å². The summed E-state index contributed by atoms with van der Waals surface area (Å²) in [6.07, 6.45) is 15.3. The monoisotopic (exact) mass is 194 g/mol. The number of hydrogen-bond donors (Lipinski definition) is 0. The van der Waals surface area contributed by atoms with Crippen LogP contribution >= 0.6 is 0 Å². The summed E-state index contributed by atoms with van der Waals surface area (Å²) in [5.74, 6) is 3.40. The Bertz CT molecular complexity index is 159. The lowest BCUT2D eigenvalue weighted by molar-refractivity contribution is 0.0965. The summed E-state index contributed by atoms with van der Waals surface area (Å²) in [6.45, 7) is 2.33. The molecule has 0 radical (unpaired) electrons. The van der Waals surface area contributed by atoms with E-state index in [0.717, 1.165) is 17.8 Å². The van der Waals surface area contributed by atoms with Gasteiger partial charge in [0.15, 0.2) is 0 Å². The van der Waals surface area contributed by atoms with Crippen molar-refractivity contribution in [3.63, 3.8) is 0 Å². The Labute approximate surface area is 89.5 Å². The molecule has 14 heavy (non-hydrogen) atoms. The molecule has 0 aliphatic heterocycles. The first-order valence-corrected chi connectivity index (χ1v) is 6.92. The second-order valence-electron chi connectivity index (χ2n) is 5.54. The van der Waals surface area contributed by atoms with Crippen molar-refractivity contribution in [1.29, 1.82) is 0 Å². The largest absolute Gasteiger partial charge is 0.0654 e. The molecule has 0 bridgehead atoms. The minimum absolute atomic E-state index is 1.12. The van der Waals surface area contributed by atoms with Crippen molar-refractivity contribution < 1.29 is 0 Å². The van der Waals surface area contributed by atoms with E-state index in [1.54, 1.807) is 25.7 Å². The van der Waals surface area contributed by atoms with Gasteiger partial charge in [0, 0.05) is 0 Å². The molecule has 0 unspecified atom stereocenters. The number of hydrogen-bond acceptors (Lipinski definition) is 0. The summed E-state index contributed by atoms with van der Waals surface area (Å²) in [5.41, 5.74) is 0. The van der Waals surface area contributed by atoms with Crippen molar-refractivity contribution in [2.24, 2.45) is 17.8 Å². The van der Waals surface area contributed by atoms with E-state index >= 15 is 0 Å². The molecule has 82 valence electrons. The molecule has 2 aliphatic carbocycles. The Kier molecular flexibility index (Phi) is 3.89. The van der Waals surface area contributed by atoms with Gasteiger partial charge in [-0.1, -0.05) is 64.7 Å². The van der Waals surface area contributed by atoms with Gasteiger partial charge in [0.1, 0.15) is 0 Å². The van der Waals surface area contributed by atoms with Crippen molar-refractivity contribution >= 4 is 0 Å². The average molecular weight is 194 g/mol. The van der Waals surface area contributed by atoms with Crippen molar-refractivity contribution in [3.05, 3.63) is 0 Å². The Morgan fingerprint density at radius 3 is 2.57 bits per heavy atom. The molecular formula is C14H26. The van der Waals surface area contributed by atoms with E-state index in [4.69, 9.17) is 0 Å². The van der Waals surface area contributed by atoms with Crippen LogP contribution in [0.3, 0.4) is 0 Å². The van der Waals surface area contributed by atoms with E-state index in [1.807, 2.05) is 0 Å². The summed E-state index contributed by atoms with van der Waals surface area (Å²) < 4.78 is 0. The molecule has 2 rings (SSSR count). The Morgan fingerprint density at radius 2 is 1.71 bits per heavy atom. The summed E-state index contributed by atoms with van der Waals surface area (Å²) >= 11 is 0. The standard InChI is InChI=1S/C14H26/c1-2-3-7-12-9-6-10-13-8-4-5-11-14(12)13/h12-14H,2-11H2,1H3/t12-,13+,14+/m0/s1. The molecule has 0 saturated heterocycles. The zero-order valence-electron chi connectivity index (χ0n) is 9.80. The molecule has 0 amide bonds. The van der Waals surface area contributed by atoms with Crippen LogP contribution < -0.4 is 0 Å². The van der Waals surface area contributed by atoms with E-state index in [-0.39, 0.29) is 0 Å². The Morgan fingerprint density at radius 1 is 0.929 bits per heavy atom. The maximum atomic E-state index is 2.33. The molecule has 2 saturated carbocycles. The molecule has 3 atom stereocenters. The van der Waals surface area contributed by atoms with Crippen LogP contribution in [0.2, 0.25) is 0 Å². The highest BCUT2D eigenvalue weighted by Crippen LogP contribution is 2.45. The van der Waals surface area contributed by atoms with Gasteiger partial charge in [0.25, 0.3) is 0 Å². The van der Waals surface area contributed by atoms with Gasteiger partial charge in [-0.15, -0.1) is 0 Å². The highest BCUT2D eigenvalue weighted by molar-refractivity contribution is 4.84. The lowest BCUT2D eigenvalue weighted by atomic mass is 9.64. The molecule has 0 nitrogen and oxygen atoms in total. The first kappa shape index (κ1) is 10.5. The van der Waals surface area contributed by atoms with Crippen molar-refractivity contribution in [2.75, 3.05) is 0 Å². The van der Waals surface area contributed by atoms with Crippen molar-refractivity contribution in [3.8, 4) is 0 Å². The second kappa shape index (κ2) is 5.19. The van der Waals surface area contributed by atoms with Crippen LogP contribution in [0.25, 0.3) is 0 Å². The average Bonchev–Trinajstić information content (AvgIpc) is 2.26. The van der Waals surface area contributed by atoms with Crippen LogP contribution in [0.5, 0.6) is 0 Å². The SMILES string of the molecule is CCCC[C@H]1CCC[C@H]2CCCC[C@@H]21. The number of fused-ring (bicyclic) bond motifs is 1. The Hall–Kier alpha value is 0. The molecule has 0 N–H and O–H groups in total. The molecule has 0 aromatic rings. The highest BCUT2D eigenvalue weighted by Gasteiger charge is 2.33. The fraction of sp³-hybridized carbons (Fsp3) is 1.00. The van der Waals surface area contributed by atoms with Gasteiger partial charge in [-0.3, -0.25) is 0 Å². The third-order valence-electron chi connectivity index (χ3n) is 4.65. The second-order valence-corrected chi connectivity index (χ2v) is 5.54. The lowest BCUT2D eigenvalue weighted by Gasteiger charge is -2.41. The fourth-order valence-corrected chi connectivity index (χ4v) is 3.90. The number of rotatable bonds is 3. The van der Waals surface area contributed by atoms with Gasteiger partial charge in [0.2, 0.25) is 0 Å². The van der Waals surface area contributed by atoms with Gasteiger partial charge >= 0.3 is 0 Å². The van der Waals surface area contributed by atoms with Crippen LogP contribution in [0.1, 0.15) is 71.1 Å². The summed E-state index contributed by atoms with van der Waals surface area (Å²) in [6, 6.07) is 0. The normalized spacial score (nSPS) is 37.9. The maximum Gasteiger partial charge on any atom is -0.0357 e. The maximum absolute atomic E-state index is 2.33. The third kappa shape index (κ3) is 2.32. The van der Waals surface area contributed by atoms with E-state index in [1.165, 1.54) is 38.5 Å². The minimum Gasteiger partial charge on any atom is -0.0654 e. The molecule has 2 fully saturated rings. The smallest absolute Gasteiger partial charge is 0.0357 e. The summed E-state index contributed by atoms with van der Waals surface area (Å²) in [5, 5.41) is 0. The van der Waals surface area contributed by atoms with E-state index in [9.17, 15) is 0 Å². The van der Waals surface area contributed by atoms with Crippen LogP contribution in [-0.2, 0) is 0 Å². The predicted octanol–water partition coefficient (Wildman–Crippen LogP) is 4.78. The lowest BCUT2D eigenvalue weighted by Crippen LogP contribution is -2.30. The summed E-state index contributed by atoms with van der Waals surface area (Å²) in [7, 11) is 0. The zero-order chi connectivity index (χ0) is 9.80. The molecule has 0 heteroatoms. The van der Waals surface area contributed by atoms with Gasteiger partial charge in [-0.25, -0.2) is 0 Å². The molecular weight excluding hydrogens is 168 g/mol. The Balaban J connectivity index is 1.88. The molecule has 0 heterocycles.